The van der Waals surface area contributed by atoms with Crippen LogP contribution < -0.4 is 10.6 Å². The molecule has 0 aromatic heterocycles. The van der Waals surface area contributed by atoms with E-state index in [0.717, 1.165) is 14.9 Å². The van der Waals surface area contributed by atoms with Crippen LogP contribution in [0.2, 0.25) is 0 Å². The zero-order chi connectivity index (χ0) is 13.3. The van der Waals surface area contributed by atoms with Gasteiger partial charge in [0.2, 0.25) is 0 Å². The topological polar surface area (TPSA) is 29.3 Å². The molecule has 0 saturated carbocycles. The Balaban J connectivity index is 2.44. The average Bonchev–Trinajstić information content (AvgIpc) is 2.26. The molecule has 0 radical (unpaired) electrons. The van der Waals surface area contributed by atoms with Crippen LogP contribution in [0.1, 0.15) is 11.1 Å². The van der Waals surface area contributed by atoms with Crippen LogP contribution in [0.25, 0.3) is 0 Å². The van der Waals surface area contributed by atoms with E-state index in [0.29, 0.717) is 0 Å². The quantitative estimate of drug-likeness (QED) is 0.647. The molecule has 3 heteroatoms. The van der Waals surface area contributed by atoms with Crippen LogP contribution in [0.4, 0.5) is 17.1 Å². The number of halogens is 1. The summed E-state index contributed by atoms with van der Waals surface area (Å²) in [5.74, 6) is 0. The second-order valence-electron chi connectivity index (χ2n) is 4.61. The number of hydrogen-bond acceptors (Lipinski definition) is 2. The first-order valence-corrected chi connectivity index (χ1v) is 6.92. The van der Waals surface area contributed by atoms with E-state index in [1.807, 2.05) is 13.1 Å². The summed E-state index contributed by atoms with van der Waals surface area (Å²) in [7, 11) is 2.05. The molecule has 0 heterocycles. The standard InChI is InChI=1S/C15H17IN2/c1-10-6-11(2)8-13(7-10)18(3)15-5-4-12(16)9-14(15)17/h4-9H,17H2,1-3H3. The van der Waals surface area contributed by atoms with Crippen molar-refractivity contribution in [2.75, 3.05) is 17.7 Å². The molecular formula is C15H17IN2. The predicted molar refractivity (Wildman–Crippen MR) is 87.6 cm³/mol. The van der Waals surface area contributed by atoms with Gasteiger partial charge in [-0.25, -0.2) is 0 Å². The van der Waals surface area contributed by atoms with Crippen molar-refractivity contribution >= 4 is 39.7 Å². The van der Waals surface area contributed by atoms with Crippen LogP contribution in [0, 0.1) is 17.4 Å². The SMILES string of the molecule is Cc1cc(C)cc(N(C)c2ccc(I)cc2N)c1. The van der Waals surface area contributed by atoms with E-state index < -0.39 is 0 Å². The summed E-state index contributed by atoms with van der Waals surface area (Å²) in [6.45, 7) is 4.23. The zero-order valence-electron chi connectivity index (χ0n) is 10.9. The Morgan fingerprint density at radius 1 is 1.00 bits per heavy atom. The molecule has 2 nitrogen and oxygen atoms in total. The van der Waals surface area contributed by atoms with Crippen molar-refractivity contribution in [3.05, 3.63) is 51.1 Å². The van der Waals surface area contributed by atoms with Crippen molar-refractivity contribution in [2.45, 2.75) is 13.8 Å². The van der Waals surface area contributed by atoms with Gasteiger partial charge < -0.3 is 10.6 Å². The minimum Gasteiger partial charge on any atom is -0.397 e. The van der Waals surface area contributed by atoms with E-state index >= 15 is 0 Å². The van der Waals surface area contributed by atoms with Gasteiger partial charge in [0.1, 0.15) is 0 Å². The van der Waals surface area contributed by atoms with Gasteiger partial charge in [0.15, 0.2) is 0 Å². The molecule has 0 atom stereocenters. The molecule has 0 unspecified atom stereocenters. The minimum atomic E-state index is 0.809. The fourth-order valence-electron chi connectivity index (χ4n) is 2.11. The Hall–Kier alpha value is -1.23. The summed E-state index contributed by atoms with van der Waals surface area (Å²) in [5.41, 5.74) is 11.6. The first kappa shape index (κ1) is 13.2. The number of benzene rings is 2. The van der Waals surface area contributed by atoms with Gasteiger partial charge in [-0.1, -0.05) is 6.07 Å². The van der Waals surface area contributed by atoms with Crippen molar-refractivity contribution in [3.63, 3.8) is 0 Å². The number of rotatable bonds is 2. The molecule has 0 spiro atoms. The average molecular weight is 352 g/mol. The molecule has 0 aliphatic carbocycles. The molecule has 0 amide bonds. The van der Waals surface area contributed by atoms with E-state index in [1.54, 1.807) is 0 Å². The van der Waals surface area contributed by atoms with E-state index in [2.05, 4.69) is 71.7 Å². The third-order valence-electron chi connectivity index (χ3n) is 2.94. The number of nitrogens with two attached hydrogens (primary N) is 1. The summed E-state index contributed by atoms with van der Waals surface area (Å²) in [5, 5.41) is 0. The van der Waals surface area contributed by atoms with E-state index in [9.17, 15) is 0 Å². The van der Waals surface area contributed by atoms with Crippen LogP contribution in [0.15, 0.2) is 36.4 Å². The van der Waals surface area contributed by atoms with Gasteiger partial charge in [-0.3, -0.25) is 0 Å². The number of anilines is 3. The summed E-state index contributed by atoms with van der Waals surface area (Å²) >= 11 is 2.27. The third-order valence-corrected chi connectivity index (χ3v) is 3.62. The first-order chi connectivity index (χ1) is 8.47. The van der Waals surface area contributed by atoms with Crippen LogP contribution in [0.5, 0.6) is 0 Å². The van der Waals surface area contributed by atoms with Gasteiger partial charge in [0.05, 0.1) is 11.4 Å². The van der Waals surface area contributed by atoms with Crippen molar-refractivity contribution in [3.8, 4) is 0 Å². The third kappa shape index (κ3) is 2.77. The molecule has 2 N–H and O–H groups in total. The van der Waals surface area contributed by atoms with Gasteiger partial charge in [-0.15, -0.1) is 0 Å². The van der Waals surface area contributed by atoms with E-state index in [-0.39, 0.29) is 0 Å². The molecule has 2 aromatic carbocycles. The molecule has 0 saturated heterocycles. The van der Waals surface area contributed by atoms with Crippen molar-refractivity contribution in [1.29, 1.82) is 0 Å². The lowest BCUT2D eigenvalue weighted by atomic mass is 10.1. The van der Waals surface area contributed by atoms with Gasteiger partial charge in [0, 0.05) is 16.3 Å². The van der Waals surface area contributed by atoms with Gasteiger partial charge in [0.25, 0.3) is 0 Å². The molecule has 2 rings (SSSR count). The highest BCUT2D eigenvalue weighted by atomic mass is 127. The molecule has 0 fully saturated rings. The molecule has 0 aliphatic rings. The molecule has 94 valence electrons. The summed E-state index contributed by atoms with van der Waals surface area (Å²) in [4.78, 5) is 2.13. The van der Waals surface area contributed by atoms with E-state index in [1.165, 1.54) is 16.8 Å². The number of nitrogen functional groups attached to an aromatic ring is 1. The van der Waals surface area contributed by atoms with Crippen molar-refractivity contribution < 1.29 is 0 Å². The van der Waals surface area contributed by atoms with Crippen LogP contribution >= 0.6 is 22.6 Å². The number of nitrogens with zero attached hydrogens (tertiary/aromatic N) is 1. The predicted octanol–water partition coefficient (Wildman–Crippen LogP) is 4.26. The maximum Gasteiger partial charge on any atom is 0.0642 e. The van der Waals surface area contributed by atoms with Gasteiger partial charge in [-0.2, -0.15) is 0 Å². The molecule has 2 aromatic rings. The largest absolute Gasteiger partial charge is 0.397 e. The molecule has 0 aliphatic heterocycles. The Morgan fingerprint density at radius 3 is 2.17 bits per heavy atom. The summed E-state index contributed by atoms with van der Waals surface area (Å²) in [6, 6.07) is 12.7. The fraction of sp³-hybridized carbons (Fsp3) is 0.200. The smallest absolute Gasteiger partial charge is 0.0642 e. The second kappa shape index (κ2) is 5.18. The second-order valence-corrected chi connectivity index (χ2v) is 5.85. The Labute approximate surface area is 122 Å². The van der Waals surface area contributed by atoms with Gasteiger partial charge >= 0.3 is 0 Å². The van der Waals surface area contributed by atoms with Crippen LogP contribution in [0.3, 0.4) is 0 Å². The summed E-state index contributed by atoms with van der Waals surface area (Å²) in [6.07, 6.45) is 0. The van der Waals surface area contributed by atoms with Crippen LogP contribution in [-0.2, 0) is 0 Å². The highest BCUT2D eigenvalue weighted by Crippen LogP contribution is 2.31. The molecule has 18 heavy (non-hydrogen) atoms. The lowest BCUT2D eigenvalue weighted by Gasteiger charge is -2.22. The lowest BCUT2D eigenvalue weighted by molar-refractivity contribution is 1.19. The lowest BCUT2D eigenvalue weighted by Crippen LogP contribution is -2.12. The number of hydrogen-bond donors (Lipinski definition) is 1. The highest BCUT2D eigenvalue weighted by Gasteiger charge is 2.08. The molecule has 0 bridgehead atoms. The van der Waals surface area contributed by atoms with Gasteiger partial charge in [-0.05, 0) is 77.9 Å². The first-order valence-electron chi connectivity index (χ1n) is 5.84. The monoisotopic (exact) mass is 352 g/mol. The Bertz CT molecular complexity index is 558. The van der Waals surface area contributed by atoms with Crippen molar-refractivity contribution in [1.82, 2.24) is 0 Å². The molecular weight excluding hydrogens is 335 g/mol. The van der Waals surface area contributed by atoms with E-state index in [4.69, 9.17) is 5.73 Å². The maximum absolute atomic E-state index is 6.09. The Morgan fingerprint density at radius 2 is 1.61 bits per heavy atom. The highest BCUT2D eigenvalue weighted by molar-refractivity contribution is 14.1. The fourth-order valence-corrected chi connectivity index (χ4v) is 2.63. The van der Waals surface area contributed by atoms with Crippen LogP contribution in [-0.4, -0.2) is 7.05 Å². The summed E-state index contributed by atoms with van der Waals surface area (Å²) < 4.78 is 1.16. The normalized spacial score (nSPS) is 10.4. The number of aryl methyl sites for hydroxylation is 2. The Kier molecular flexibility index (Phi) is 3.80. The minimum absolute atomic E-state index is 0.809. The zero-order valence-corrected chi connectivity index (χ0v) is 13.0. The maximum atomic E-state index is 6.09. The van der Waals surface area contributed by atoms with Crippen molar-refractivity contribution in [2.24, 2.45) is 0 Å².